The molecule has 0 saturated heterocycles. The maximum atomic E-state index is 14.0. The number of aryl methyl sites for hydroxylation is 1. The summed E-state index contributed by atoms with van der Waals surface area (Å²) < 4.78 is 30.8. The molecular weight excluding hydrogens is 394 g/mol. The average Bonchev–Trinajstić information content (AvgIpc) is 3.14. The standard InChI is InChI=1S/C21H22F2N4O3/c1-13-17(5-4-6-18(13)21(22,23)12-28)14(2)25-20(30)15-7-8-19(29)27(10-15)16-9-24-26(3)11-16/h4-11,14,28H,12H2,1-3H3,(H,25,30)/t14-/m1/s1. The summed E-state index contributed by atoms with van der Waals surface area (Å²) in [6.45, 7) is 1.91. The third-order valence-corrected chi connectivity index (χ3v) is 4.93. The van der Waals surface area contributed by atoms with E-state index in [2.05, 4.69) is 10.4 Å². The van der Waals surface area contributed by atoms with E-state index >= 15 is 0 Å². The molecule has 9 heteroatoms. The Kier molecular flexibility index (Phi) is 5.84. The molecule has 0 spiro atoms. The van der Waals surface area contributed by atoms with Gasteiger partial charge in [0, 0.05) is 31.1 Å². The number of benzene rings is 1. The summed E-state index contributed by atoms with van der Waals surface area (Å²) in [5.41, 5.74) is 0.954. The van der Waals surface area contributed by atoms with Crippen molar-refractivity contribution in [3.8, 4) is 5.69 Å². The van der Waals surface area contributed by atoms with Crippen molar-refractivity contribution in [2.75, 3.05) is 6.61 Å². The number of aromatic nitrogens is 3. The molecule has 158 valence electrons. The molecule has 1 atom stereocenters. The van der Waals surface area contributed by atoms with Crippen LogP contribution in [0.3, 0.4) is 0 Å². The summed E-state index contributed by atoms with van der Waals surface area (Å²) in [4.78, 5) is 24.9. The summed E-state index contributed by atoms with van der Waals surface area (Å²) in [6, 6.07) is 6.47. The Labute approximate surface area is 171 Å². The number of pyridine rings is 1. The number of halogens is 2. The van der Waals surface area contributed by atoms with Crippen molar-refractivity contribution >= 4 is 5.91 Å². The van der Waals surface area contributed by atoms with Gasteiger partial charge in [0.05, 0.1) is 23.5 Å². The highest BCUT2D eigenvalue weighted by atomic mass is 19.3. The topological polar surface area (TPSA) is 89.2 Å². The third-order valence-electron chi connectivity index (χ3n) is 4.93. The Morgan fingerprint density at radius 3 is 2.63 bits per heavy atom. The van der Waals surface area contributed by atoms with Gasteiger partial charge in [-0.05, 0) is 31.0 Å². The Morgan fingerprint density at radius 2 is 2.00 bits per heavy atom. The lowest BCUT2D eigenvalue weighted by atomic mass is 9.94. The minimum Gasteiger partial charge on any atom is -0.390 e. The van der Waals surface area contributed by atoms with Gasteiger partial charge in [-0.3, -0.25) is 18.8 Å². The molecule has 0 saturated carbocycles. The number of hydrogen-bond acceptors (Lipinski definition) is 4. The molecule has 2 N–H and O–H groups in total. The van der Waals surface area contributed by atoms with E-state index in [-0.39, 0.29) is 16.7 Å². The number of nitrogens with zero attached hydrogens (tertiary/aromatic N) is 3. The largest absolute Gasteiger partial charge is 0.390 e. The van der Waals surface area contributed by atoms with Crippen LogP contribution in [0.2, 0.25) is 0 Å². The highest BCUT2D eigenvalue weighted by molar-refractivity contribution is 5.94. The third kappa shape index (κ3) is 4.16. The van der Waals surface area contributed by atoms with Crippen LogP contribution in [-0.2, 0) is 13.0 Å². The highest BCUT2D eigenvalue weighted by Crippen LogP contribution is 2.33. The summed E-state index contributed by atoms with van der Waals surface area (Å²) in [6.07, 6.45) is 4.55. The Hall–Kier alpha value is -3.33. The number of carbonyl (C=O) groups excluding carboxylic acids is 1. The smallest absolute Gasteiger partial charge is 0.296 e. The van der Waals surface area contributed by atoms with Gasteiger partial charge >= 0.3 is 0 Å². The lowest BCUT2D eigenvalue weighted by Crippen LogP contribution is -2.29. The predicted octanol–water partition coefficient (Wildman–Crippen LogP) is 2.45. The molecule has 0 unspecified atom stereocenters. The molecule has 3 aromatic rings. The summed E-state index contributed by atoms with van der Waals surface area (Å²) >= 11 is 0. The maximum Gasteiger partial charge on any atom is 0.296 e. The summed E-state index contributed by atoms with van der Waals surface area (Å²) in [5.74, 6) is -3.83. The Morgan fingerprint density at radius 1 is 1.27 bits per heavy atom. The fourth-order valence-corrected chi connectivity index (χ4v) is 3.32. The van der Waals surface area contributed by atoms with Gasteiger partial charge in [0.1, 0.15) is 6.61 Å². The zero-order valence-corrected chi connectivity index (χ0v) is 16.8. The number of hydrogen-bond donors (Lipinski definition) is 2. The van der Waals surface area contributed by atoms with Gasteiger partial charge in [0.2, 0.25) is 0 Å². The van der Waals surface area contributed by atoms with Crippen LogP contribution in [0.4, 0.5) is 8.78 Å². The van der Waals surface area contributed by atoms with Crippen molar-refractivity contribution < 1.29 is 18.7 Å². The zero-order valence-electron chi connectivity index (χ0n) is 16.8. The van der Waals surface area contributed by atoms with Crippen LogP contribution >= 0.6 is 0 Å². The van der Waals surface area contributed by atoms with Crippen molar-refractivity contribution in [2.45, 2.75) is 25.8 Å². The first-order chi connectivity index (χ1) is 14.1. The van der Waals surface area contributed by atoms with E-state index in [9.17, 15) is 18.4 Å². The zero-order chi connectivity index (χ0) is 22.1. The number of nitrogens with one attached hydrogen (secondary N) is 1. The van der Waals surface area contributed by atoms with Crippen molar-refractivity contribution in [1.82, 2.24) is 19.7 Å². The molecular formula is C21H22F2N4O3. The van der Waals surface area contributed by atoms with Crippen LogP contribution in [0.5, 0.6) is 0 Å². The van der Waals surface area contributed by atoms with Gasteiger partial charge < -0.3 is 10.4 Å². The van der Waals surface area contributed by atoms with Crippen molar-refractivity contribution in [2.24, 2.45) is 7.05 Å². The second kappa shape index (κ2) is 8.19. The lowest BCUT2D eigenvalue weighted by molar-refractivity contribution is -0.0561. The summed E-state index contributed by atoms with van der Waals surface area (Å²) in [5, 5.41) is 15.8. The van der Waals surface area contributed by atoms with E-state index in [1.54, 1.807) is 26.2 Å². The van der Waals surface area contributed by atoms with Gasteiger partial charge in [0.15, 0.2) is 0 Å². The number of carbonyl (C=O) groups is 1. The molecule has 7 nitrogen and oxygen atoms in total. The van der Waals surface area contributed by atoms with E-state index < -0.39 is 24.5 Å². The van der Waals surface area contributed by atoms with Crippen molar-refractivity contribution in [3.05, 3.63) is 81.5 Å². The van der Waals surface area contributed by atoms with E-state index in [0.717, 1.165) is 0 Å². The van der Waals surface area contributed by atoms with E-state index in [4.69, 9.17) is 5.11 Å². The highest BCUT2D eigenvalue weighted by Gasteiger charge is 2.33. The second-order valence-electron chi connectivity index (χ2n) is 7.08. The van der Waals surface area contributed by atoms with Crippen LogP contribution < -0.4 is 10.9 Å². The van der Waals surface area contributed by atoms with E-state index in [0.29, 0.717) is 16.8 Å². The first-order valence-electron chi connectivity index (χ1n) is 9.25. The molecule has 0 aliphatic rings. The monoisotopic (exact) mass is 416 g/mol. The minimum atomic E-state index is -3.37. The van der Waals surface area contributed by atoms with Gasteiger partial charge in [-0.25, -0.2) is 0 Å². The van der Waals surface area contributed by atoms with Gasteiger partial charge in [0.25, 0.3) is 17.4 Å². The lowest BCUT2D eigenvalue weighted by Gasteiger charge is -2.22. The van der Waals surface area contributed by atoms with Crippen molar-refractivity contribution in [3.63, 3.8) is 0 Å². The second-order valence-corrected chi connectivity index (χ2v) is 7.08. The predicted molar refractivity (Wildman–Crippen MR) is 107 cm³/mol. The van der Waals surface area contributed by atoms with Gasteiger partial charge in [-0.15, -0.1) is 0 Å². The first-order valence-corrected chi connectivity index (χ1v) is 9.25. The molecule has 0 radical (unpaired) electrons. The number of alkyl halides is 2. The molecule has 0 fully saturated rings. The number of rotatable bonds is 6. The first kappa shape index (κ1) is 21.4. The van der Waals surface area contributed by atoms with Gasteiger partial charge in [-0.2, -0.15) is 13.9 Å². The molecule has 2 aromatic heterocycles. The molecule has 0 aliphatic carbocycles. The molecule has 2 heterocycles. The summed E-state index contributed by atoms with van der Waals surface area (Å²) in [7, 11) is 1.71. The van der Waals surface area contributed by atoms with Crippen LogP contribution in [-0.4, -0.2) is 32.0 Å². The van der Waals surface area contributed by atoms with Crippen LogP contribution in [0.15, 0.2) is 53.7 Å². The minimum absolute atomic E-state index is 0.236. The fraction of sp³-hybridized carbons (Fsp3) is 0.286. The maximum absolute atomic E-state index is 14.0. The fourth-order valence-electron chi connectivity index (χ4n) is 3.32. The molecule has 1 amide bonds. The van der Waals surface area contributed by atoms with Crippen LogP contribution in [0, 0.1) is 6.92 Å². The molecule has 0 bridgehead atoms. The molecule has 0 aliphatic heterocycles. The number of amides is 1. The number of aliphatic hydroxyl groups excluding tert-OH is 1. The quantitative estimate of drug-likeness (QED) is 0.646. The number of aliphatic hydroxyl groups is 1. The van der Waals surface area contributed by atoms with Crippen LogP contribution in [0.1, 0.15) is 40.0 Å². The van der Waals surface area contributed by atoms with Crippen LogP contribution in [0.25, 0.3) is 5.69 Å². The Bertz CT molecular complexity index is 1140. The van der Waals surface area contributed by atoms with E-state index in [1.807, 2.05) is 0 Å². The molecule has 3 rings (SSSR count). The molecule has 30 heavy (non-hydrogen) atoms. The normalized spacial score (nSPS) is 12.6. The molecule has 1 aromatic carbocycles. The van der Waals surface area contributed by atoms with Gasteiger partial charge in [-0.1, -0.05) is 18.2 Å². The van der Waals surface area contributed by atoms with Crippen molar-refractivity contribution in [1.29, 1.82) is 0 Å². The SMILES string of the molecule is Cc1c([C@@H](C)NC(=O)c2ccc(=O)n(-c3cnn(C)c3)c2)cccc1C(F)(F)CO. The van der Waals surface area contributed by atoms with E-state index in [1.165, 1.54) is 52.8 Å². The Balaban J connectivity index is 1.87. The average molecular weight is 416 g/mol.